The molecule has 1 aromatic rings. The molecule has 0 radical (unpaired) electrons. The van der Waals surface area contributed by atoms with Crippen LogP contribution in [0.4, 0.5) is 0 Å². The summed E-state index contributed by atoms with van der Waals surface area (Å²) < 4.78 is 35.3. The van der Waals surface area contributed by atoms with Crippen molar-refractivity contribution >= 4 is 15.7 Å². The summed E-state index contributed by atoms with van der Waals surface area (Å²) in [5.41, 5.74) is -0.197. The summed E-state index contributed by atoms with van der Waals surface area (Å²) in [7, 11) is -3.56. The predicted molar refractivity (Wildman–Crippen MR) is 136 cm³/mol. The van der Waals surface area contributed by atoms with Crippen LogP contribution in [0.5, 0.6) is 0 Å². The molecule has 2 heterocycles. The average molecular weight is 514 g/mol. The van der Waals surface area contributed by atoms with E-state index in [0.717, 1.165) is 30.6 Å². The van der Waals surface area contributed by atoms with Gasteiger partial charge in [0, 0.05) is 30.2 Å². The maximum atomic E-state index is 14.0. The molecule has 1 amide bonds. The van der Waals surface area contributed by atoms with E-state index in [0.29, 0.717) is 36.6 Å². The van der Waals surface area contributed by atoms with E-state index in [-0.39, 0.29) is 34.5 Å². The minimum atomic E-state index is -3.56. The van der Waals surface area contributed by atoms with Crippen molar-refractivity contribution in [2.75, 3.05) is 6.54 Å². The smallest absolute Gasteiger partial charge is 0.227 e. The Morgan fingerprint density at radius 3 is 2.50 bits per heavy atom. The highest BCUT2D eigenvalue weighted by Crippen LogP contribution is 2.69. The molecule has 5 aliphatic rings. The summed E-state index contributed by atoms with van der Waals surface area (Å²) in [6.07, 6.45) is 3.70. The summed E-state index contributed by atoms with van der Waals surface area (Å²) >= 11 is 0. The first-order valence-electron chi connectivity index (χ1n) is 13.6. The van der Waals surface area contributed by atoms with Gasteiger partial charge in [-0.2, -0.15) is 0 Å². The van der Waals surface area contributed by atoms with Crippen molar-refractivity contribution in [3.8, 4) is 0 Å². The Hall–Kier alpha value is -1.86. The van der Waals surface area contributed by atoms with Crippen LogP contribution in [0, 0.1) is 34.5 Å². The quantitative estimate of drug-likeness (QED) is 0.617. The van der Waals surface area contributed by atoms with Gasteiger partial charge in [-0.1, -0.05) is 45.9 Å². The lowest BCUT2D eigenvalue weighted by atomic mass is 9.43. The molecule has 3 aliphatic carbocycles. The minimum Gasteiger partial charge on any atom is -0.490 e. The maximum Gasteiger partial charge on any atom is 0.227 e. The minimum absolute atomic E-state index is 0.0356. The van der Waals surface area contributed by atoms with Crippen molar-refractivity contribution in [1.29, 1.82) is 0 Å². The Labute approximate surface area is 214 Å². The third-order valence-corrected chi connectivity index (χ3v) is 13.1. The van der Waals surface area contributed by atoms with Gasteiger partial charge in [0.2, 0.25) is 5.91 Å². The summed E-state index contributed by atoms with van der Waals surface area (Å²) in [6, 6.07) is 8.83. The molecule has 6 nitrogen and oxygen atoms in total. The van der Waals surface area contributed by atoms with Gasteiger partial charge in [-0.3, -0.25) is 4.79 Å². The van der Waals surface area contributed by atoms with Crippen molar-refractivity contribution in [3.63, 3.8) is 0 Å². The number of benzene rings is 1. The number of aliphatic hydroxyl groups excluding tert-OH is 1. The second-order valence-corrected chi connectivity index (χ2v) is 15.3. The molecule has 2 saturated carbocycles. The fourth-order valence-corrected chi connectivity index (χ4v) is 10.9. The third-order valence-electron chi connectivity index (χ3n) is 11.0. The maximum absolute atomic E-state index is 14.0. The molecule has 6 rings (SSSR count). The molecule has 36 heavy (non-hydrogen) atoms. The molecule has 0 aromatic heterocycles. The normalized spacial score (nSPS) is 43.4. The van der Waals surface area contributed by atoms with Gasteiger partial charge in [-0.25, -0.2) is 8.42 Å². The second kappa shape index (κ2) is 7.83. The van der Waals surface area contributed by atoms with Crippen LogP contribution in [-0.2, 0) is 19.4 Å². The van der Waals surface area contributed by atoms with Gasteiger partial charge in [-0.05, 0) is 61.1 Å². The summed E-state index contributed by atoms with van der Waals surface area (Å²) in [6.45, 7) is 9.46. The first-order chi connectivity index (χ1) is 16.9. The van der Waals surface area contributed by atoms with E-state index in [1.54, 1.807) is 24.3 Å². The van der Waals surface area contributed by atoms with Crippen LogP contribution in [0.3, 0.4) is 0 Å². The van der Waals surface area contributed by atoms with Crippen LogP contribution in [0.2, 0.25) is 0 Å². The molecular weight excluding hydrogens is 474 g/mol. The standard InChI is InChI=1S/C29H39NO5S/c1-17-10-11-24-27(2,3)13-19(36(33,34)18-8-6-5-7-9-18)14-29(24)28(17,4)15-21-23(31)12-20-22(25(21)35-29)16-30-26(20)32/h5-9,17,19-21,23-24,31H,10-16H2,1-4H3,(H,30,32). The molecule has 0 bridgehead atoms. The fraction of sp³-hybridized carbons (Fsp3) is 0.690. The van der Waals surface area contributed by atoms with E-state index in [1.807, 2.05) is 6.07 Å². The van der Waals surface area contributed by atoms with Crippen molar-refractivity contribution in [1.82, 2.24) is 5.32 Å². The molecule has 7 heteroatoms. The molecule has 196 valence electrons. The SMILES string of the molecule is CC1CCC2C(C)(C)CC(S(=O)(=O)c3ccccc3)CC23OC2=C4CNC(=O)C4CC(O)C2CC13C. The Balaban J connectivity index is 1.51. The molecule has 1 aromatic carbocycles. The first kappa shape index (κ1) is 24.5. The zero-order valence-corrected chi connectivity index (χ0v) is 22.6. The van der Waals surface area contributed by atoms with Gasteiger partial charge in [-0.15, -0.1) is 0 Å². The number of carbonyl (C=O) groups is 1. The number of ether oxygens (including phenoxy) is 1. The van der Waals surface area contributed by atoms with E-state index >= 15 is 0 Å². The van der Waals surface area contributed by atoms with E-state index in [1.165, 1.54) is 0 Å². The number of carbonyl (C=O) groups excluding carboxylic acids is 1. The highest BCUT2D eigenvalue weighted by Gasteiger charge is 2.70. The third kappa shape index (κ3) is 3.17. The number of hydrogen-bond acceptors (Lipinski definition) is 5. The van der Waals surface area contributed by atoms with Crippen LogP contribution >= 0.6 is 0 Å². The molecule has 4 fully saturated rings. The number of sulfone groups is 1. The van der Waals surface area contributed by atoms with Crippen molar-refractivity contribution < 1.29 is 23.1 Å². The number of aliphatic hydroxyl groups is 1. The van der Waals surface area contributed by atoms with E-state index in [4.69, 9.17) is 4.74 Å². The first-order valence-corrected chi connectivity index (χ1v) is 15.1. The molecule has 2 N–H and O–H groups in total. The van der Waals surface area contributed by atoms with Gasteiger partial charge in [0.25, 0.3) is 0 Å². The molecule has 1 spiro atoms. The van der Waals surface area contributed by atoms with E-state index in [9.17, 15) is 18.3 Å². The topological polar surface area (TPSA) is 92.7 Å². The molecule has 2 aliphatic heterocycles. The predicted octanol–water partition coefficient (Wildman–Crippen LogP) is 4.24. The van der Waals surface area contributed by atoms with Crippen molar-refractivity contribution in [2.45, 2.75) is 88.1 Å². The Morgan fingerprint density at radius 2 is 1.78 bits per heavy atom. The van der Waals surface area contributed by atoms with E-state index < -0.39 is 26.8 Å². The summed E-state index contributed by atoms with van der Waals surface area (Å²) in [5, 5.41) is 13.6. The molecule has 2 saturated heterocycles. The summed E-state index contributed by atoms with van der Waals surface area (Å²) in [5.74, 6) is 0.795. The fourth-order valence-electron chi connectivity index (χ4n) is 8.88. The van der Waals surface area contributed by atoms with Crippen molar-refractivity contribution in [3.05, 3.63) is 41.7 Å². The highest BCUT2D eigenvalue weighted by atomic mass is 32.2. The summed E-state index contributed by atoms with van der Waals surface area (Å²) in [4.78, 5) is 12.9. The zero-order valence-electron chi connectivity index (χ0n) is 21.8. The zero-order chi connectivity index (χ0) is 25.7. The number of hydrogen-bond donors (Lipinski definition) is 2. The lowest BCUT2D eigenvalue weighted by molar-refractivity contribution is -0.264. The van der Waals surface area contributed by atoms with Crippen LogP contribution in [0.15, 0.2) is 46.6 Å². The molecular formula is C29H39NO5S. The lowest BCUT2D eigenvalue weighted by Gasteiger charge is -2.69. The number of amides is 1. The number of fused-ring (bicyclic) bond motifs is 2. The molecule has 8 unspecified atom stereocenters. The van der Waals surface area contributed by atoms with Crippen LogP contribution < -0.4 is 5.32 Å². The second-order valence-electron chi connectivity index (χ2n) is 13.1. The van der Waals surface area contributed by atoms with Crippen LogP contribution in [0.1, 0.15) is 66.2 Å². The van der Waals surface area contributed by atoms with Gasteiger partial charge < -0.3 is 15.2 Å². The number of nitrogens with one attached hydrogen (secondary N) is 1. The Kier molecular flexibility index (Phi) is 5.32. The Bertz CT molecular complexity index is 1220. The van der Waals surface area contributed by atoms with E-state index in [2.05, 4.69) is 33.0 Å². The van der Waals surface area contributed by atoms with Crippen LogP contribution in [-0.4, -0.2) is 42.9 Å². The average Bonchev–Trinajstić information content (AvgIpc) is 3.19. The molecule has 8 atom stereocenters. The van der Waals surface area contributed by atoms with Crippen LogP contribution in [0.25, 0.3) is 0 Å². The number of rotatable bonds is 2. The highest BCUT2D eigenvalue weighted by molar-refractivity contribution is 7.92. The van der Waals surface area contributed by atoms with Gasteiger partial charge in [0.05, 0.1) is 22.2 Å². The largest absolute Gasteiger partial charge is 0.490 e. The van der Waals surface area contributed by atoms with Gasteiger partial charge in [0.1, 0.15) is 11.4 Å². The van der Waals surface area contributed by atoms with Crippen molar-refractivity contribution in [2.24, 2.45) is 34.5 Å². The van der Waals surface area contributed by atoms with Gasteiger partial charge in [0.15, 0.2) is 9.84 Å². The Morgan fingerprint density at radius 1 is 1.06 bits per heavy atom. The van der Waals surface area contributed by atoms with Gasteiger partial charge >= 0.3 is 0 Å². The lowest BCUT2D eigenvalue weighted by Crippen LogP contribution is -2.70. The monoisotopic (exact) mass is 513 g/mol.